The maximum atomic E-state index is 5.53. The van der Waals surface area contributed by atoms with Crippen LogP contribution in [0.2, 0.25) is 5.54 Å². The van der Waals surface area contributed by atoms with E-state index in [1.54, 1.807) is 0 Å². The van der Waals surface area contributed by atoms with Crippen molar-refractivity contribution >= 4 is 9.76 Å². The van der Waals surface area contributed by atoms with Gasteiger partial charge in [0.15, 0.2) is 9.76 Å². The highest BCUT2D eigenvalue weighted by molar-refractivity contribution is 6.29. The van der Waals surface area contributed by atoms with Gasteiger partial charge in [0.2, 0.25) is 0 Å². The molecule has 0 N–H and O–H groups in total. The predicted octanol–water partition coefficient (Wildman–Crippen LogP) is 1.71. The van der Waals surface area contributed by atoms with Crippen molar-refractivity contribution in [2.75, 3.05) is 0 Å². The molecular formula is C7H18OSi. The van der Waals surface area contributed by atoms with Crippen molar-refractivity contribution in [3.05, 3.63) is 0 Å². The lowest BCUT2D eigenvalue weighted by molar-refractivity contribution is 0.251. The lowest BCUT2D eigenvalue weighted by Crippen LogP contribution is -2.10. The molecule has 0 aliphatic heterocycles. The zero-order valence-corrected chi connectivity index (χ0v) is 8.39. The first-order chi connectivity index (χ1) is 4.16. The Morgan fingerprint density at radius 3 is 2.22 bits per heavy atom. The maximum absolute atomic E-state index is 5.53. The van der Waals surface area contributed by atoms with E-state index >= 15 is 0 Å². The summed E-state index contributed by atoms with van der Waals surface area (Å²) in [4.78, 5) is 0. The minimum atomic E-state index is -0.212. The first-order valence-corrected chi connectivity index (χ1v) is 5.17. The van der Waals surface area contributed by atoms with Crippen LogP contribution in [0.4, 0.5) is 0 Å². The van der Waals surface area contributed by atoms with Crippen LogP contribution in [0.5, 0.6) is 0 Å². The second-order valence-corrected chi connectivity index (χ2v) is 4.96. The zero-order valence-electron chi connectivity index (χ0n) is 6.98. The summed E-state index contributed by atoms with van der Waals surface area (Å²) < 4.78 is 5.53. The van der Waals surface area contributed by atoms with Gasteiger partial charge in [-0.15, -0.1) is 0 Å². The molecule has 0 rings (SSSR count). The molecule has 0 aromatic rings. The van der Waals surface area contributed by atoms with Crippen molar-refractivity contribution < 1.29 is 4.43 Å². The van der Waals surface area contributed by atoms with Gasteiger partial charge in [-0.25, -0.2) is 0 Å². The van der Waals surface area contributed by atoms with E-state index in [-0.39, 0.29) is 9.76 Å². The number of rotatable bonds is 4. The predicted molar refractivity (Wildman–Crippen MR) is 44.5 cm³/mol. The Balaban J connectivity index is 3.06. The number of hydrogen-bond acceptors (Lipinski definition) is 1. The van der Waals surface area contributed by atoms with Crippen LogP contribution >= 0.6 is 0 Å². The molecule has 0 saturated heterocycles. The summed E-state index contributed by atoms with van der Waals surface area (Å²) in [6.07, 6.45) is 1.73. The Bertz CT molecular complexity index is 63.9. The molecule has 0 aliphatic rings. The average Bonchev–Trinajstić information content (AvgIpc) is 1.83. The summed E-state index contributed by atoms with van der Waals surface area (Å²) in [6.45, 7) is 8.71. The fourth-order valence-electron chi connectivity index (χ4n) is 0.475. The van der Waals surface area contributed by atoms with Gasteiger partial charge < -0.3 is 4.43 Å². The summed E-state index contributed by atoms with van der Waals surface area (Å²) in [6, 6.07) is 0. The SMILES string of the molecule is CCC(C)[SiH2]OC(C)C. The Kier molecular flexibility index (Phi) is 5.10. The quantitative estimate of drug-likeness (QED) is 0.549. The van der Waals surface area contributed by atoms with Gasteiger partial charge >= 0.3 is 0 Å². The fraction of sp³-hybridized carbons (Fsp3) is 1.00. The molecule has 0 fully saturated rings. The van der Waals surface area contributed by atoms with Gasteiger partial charge in [-0.2, -0.15) is 0 Å². The lowest BCUT2D eigenvalue weighted by atomic mass is 10.4. The van der Waals surface area contributed by atoms with E-state index in [0.29, 0.717) is 6.10 Å². The van der Waals surface area contributed by atoms with Crippen LogP contribution in [0.15, 0.2) is 0 Å². The van der Waals surface area contributed by atoms with Crippen molar-refractivity contribution in [3.63, 3.8) is 0 Å². The van der Waals surface area contributed by atoms with Crippen molar-refractivity contribution in [2.24, 2.45) is 0 Å². The fourth-order valence-corrected chi connectivity index (χ4v) is 1.42. The van der Waals surface area contributed by atoms with Gasteiger partial charge in [0, 0.05) is 6.10 Å². The molecule has 1 unspecified atom stereocenters. The van der Waals surface area contributed by atoms with Crippen molar-refractivity contribution in [2.45, 2.75) is 45.8 Å². The Morgan fingerprint density at radius 2 is 1.89 bits per heavy atom. The molecule has 0 saturated carbocycles. The van der Waals surface area contributed by atoms with E-state index in [9.17, 15) is 0 Å². The zero-order chi connectivity index (χ0) is 7.28. The van der Waals surface area contributed by atoms with E-state index in [2.05, 4.69) is 27.7 Å². The van der Waals surface area contributed by atoms with Gasteiger partial charge in [-0.3, -0.25) is 0 Å². The molecule has 1 atom stereocenters. The van der Waals surface area contributed by atoms with Crippen LogP contribution < -0.4 is 0 Å². The van der Waals surface area contributed by atoms with E-state index in [0.717, 1.165) is 5.54 Å². The van der Waals surface area contributed by atoms with Crippen LogP contribution in [0.25, 0.3) is 0 Å². The van der Waals surface area contributed by atoms with Gasteiger partial charge in [0.25, 0.3) is 0 Å². The minimum Gasteiger partial charge on any atom is -0.421 e. The molecule has 2 heteroatoms. The molecule has 9 heavy (non-hydrogen) atoms. The summed E-state index contributed by atoms with van der Waals surface area (Å²) in [5, 5.41) is 0. The van der Waals surface area contributed by atoms with Gasteiger partial charge in [0.05, 0.1) is 0 Å². The Morgan fingerprint density at radius 1 is 1.33 bits per heavy atom. The summed E-state index contributed by atoms with van der Waals surface area (Å²) in [5.74, 6) is 0. The summed E-state index contributed by atoms with van der Waals surface area (Å²) in [7, 11) is -0.212. The molecule has 1 nitrogen and oxygen atoms in total. The highest BCUT2D eigenvalue weighted by Gasteiger charge is 2.00. The third-order valence-electron chi connectivity index (χ3n) is 1.41. The van der Waals surface area contributed by atoms with Crippen molar-refractivity contribution in [1.29, 1.82) is 0 Å². The van der Waals surface area contributed by atoms with E-state index in [1.165, 1.54) is 6.42 Å². The summed E-state index contributed by atoms with van der Waals surface area (Å²) >= 11 is 0. The largest absolute Gasteiger partial charge is 0.421 e. The second-order valence-electron chi connectivity index (χ2n) is 2.90. The van der Waals surface area contributed by atoms with Gasteiger partial charge in [-0.05, 0) is 19.4 Å². The molecule has 0 heterocycles. The maximum Gasteiger partial charge on any atom is 0.164 e. The molecule has 0 aromatic heterocycles. The lowest BCUT2D eigenvalue weighted by Gasteiger charge is -2.10. The molecule has 0 radical (unpaired) electrons. The number of hydrogen-bond donors (Lipinski definition) is 0. The van der Waals surface area contributed by atoms with Crippen molar-refractivity contribution in [3.8, 4) is 0 Å². The van der Waals surface area contributed by atoms with Gasteiger partial charge in [0.1, 0.15) is 0 Å². The first-order valence-electron chi connectivity index (χ1n) is 3.78. The highest BCUT2D eigenvalue weighted by atomic mass is 28.2. The van der Waals surface area contributed by atoms with E-state index < -0.39 is 0 Å². The molecule has 0 aliphatic carbocycles. The van der Waals surface area contributed by atoms with Crippen LogP contribution in [-0.4, -0.2) is 15.9 Å². The third-order valence-corrected chi connectivity index (χ3v) is 3.42. The molecule has 0 spiro atoms. The first kappa shape index (κ1) is 9.18. The van der Waals surface area contributed by atoms with Crippen molar-refractivity contribution in [1.82, 2.24) is 0 Å². The van der Waals surface area contributed by atoms with Crippen LogP contribution in [-0.2, 0) is 4.43 Å². The highest BCUT2D eigenvalue weighted by Crippen LogP contribution is 2.06. The normalized spacial score (nSPS) is 15.7. The molecular weight excluding hydrogens is 128 g/mol. The molecule has 56 valence electrons. The Hall–Kier alpha value is 0.177. The Labute approximate surface area is 60.7 Å². The molecule has 0 aromatic carbocycles. The van der Waals surface area contributed by atoms with Crippen LogP contribution in [0.1, 0.15) is 34.1 Å². The van der Waals surface area contributed by atoms with E-state index in [1.807, 2.05) is 0 Å². The average molecular weight is 146 g/mol. The summed E-state index contributed by atoms with van der Waals surface area (Å²) in [5.41, 5.74) is 0.854. The topological polar surface area (TPSA) is 9.23 Å². The standard InChI is InChI=1S/C7H18OSi/c1-5-7(4)9-8-6(2)3/h6-7H,5,9H2,1-4H3. The monoisotopic (exact) mass is 146 g/mol. The minimum absolute atomic E-state index is 0.212. The molecule has 0 amide bonds. The third kappa shape index (κ3) is 6.06. The van der Waals surface area contributed by atoms with Crippen LogP contribution in [0, 0.1) is 0 Å². The van der Waals surface area contributed by atoms with E-state index in [4.69, 9.17) is 4.43 Å². The molecule has 0 bridgehead atoms. The smallest absolute Gasteiger partial charge is 0.164 e. The van der Waals surface area contributed by atoms with Crippen LogP contribution in [0.3, 0.4) is 0 Å². The van der Waals surface area contributed by atoms with Gasteiger partial charge in [-0.1, -0.05) is 20.3 Å². The second kappa shape index (κ2) is 5.00.